The number of hydrogen-bond acceptors (Lipinski definition) is 2. The van der Waals surface area contributed by atoms with Crippen molar-refractivity contribution < 1.29 is 9.18 Å². The summed E-state index contributed by atoms with van der Waals surface area (Å²) < 4.78 is 13.6. The van der Waals surface area contributed by atoms with Crippen molar-refractivity contribution in [1.82, 2.24) is 10.2 Å². The monoisotopic (exact) mass is 306 g/mol. The minimum atomic E-state index is -0.518. The number of carbonyl (C=O) groups excluding carboxylic acids is 1. The summed E-state index contributed by atoms with van der Waals surface area (Å²) in [6, 6.07) is 4.35. The second-order valence-electron chi connectivity index (χ2n) is 4.50. The maximum absolute atomic E-state index is 13.6. The van der Waals surface area contributed by atoms with Crippen molar-refractivity contribution in [3.05, 3.63) is 34.6 Å². The fourth-order valence-electron chi connectivity index (χ4n) is 2.23. The van der Waals surface area contributed by atoms with Crippen molar-refractivity contribution in [2.45, 2.75) is 18.9 Å². The molecule has 1 aliphatic rings. The molecule has 2 rings (SSSR count). The molecule has 1 heterocycles. The molecule has 1 unspecified atom stereocenters. The summed E-state index contributed by atoms with van der Waals surface area (Å²) in [4.78, 5) is 13.9. The first-order valence-corrected chi connectivity index (χ1v) is 6.41. The van der Waals surface area contributed by atoms with Gasteiger partial charge >= 0.3 is 0 Å². The van der Waals surface area contributed by atoms with Gasteiger partial charge in [-0.2, -0.15) is 0 Å². The number of carbonyl (C=O) groups is 1. The van der Waals surface area contributed by atoms with Crippen LogP contribution in [0.3, 0.4) is 0 Å². The summed E-state index contributed by atoms with van der Waals surface area (Å²) >= 11 is 5.81. The van der Waals surface area contributed by atoms with Crippen LogP contribution < -0.4 is 5.32 Å². The molecule has 1 aliphatic heterocycles. The van der Waals surface area contributed by atoms with Gasteiger partial charge in [0.25, 0.3) is 5.91 Å². The number of halogens is 3. The number of rotatable bonds is 2. The molecule has 1 aromatic rings. The molecule has 0 radical (unpaired) electrons. The lowest BCUT2D eigenvalue weighted by molar-refractivity contribution is 0.0693. The minimum Gasteiger partial charge on any atom is -0.337 e. The van der Waals surface area contributed by atoms with E-state index in [2.05, 4.69) is 5.32 Å². The van der Waals surface area contributed by atoms with Crippen LogP contribution in [0.15, 0.2) is 18.2 Å². The molecule has 3 nitrogen and oxygen atoms in total. The highest BCUT2D eigenvalue weighted by molar-refractivity contribution is 6.31. The van der Waals surface area contributed by atoms with Gasteiger partial charge < -0.3 is 10.2 Å². The van der Waals surface area contributed by atoms with Crippen molar-refractivity contribution in [1.29, 1.82) is 0 Å². The lowest BCUT2D eigenvalue weighted by atomic mass is 10.0. The van der Waals surface area contributed by atoms with Gasteiger partial charge in [0, 0.05) is 24.2 Å². The van der Waals surface area contributed by atoms with Gasteiger partial charge in [-0.1, -0.05) is 11.6 Å². The molecule has 19 heavy (non-hydrogen) atoms. The lowest BCUT2D eigenvalue weighted by Crippen LogP contribution is -2.47. The Morgan fingerprint density at radius 3 is 2.95 bits per heavy atom. The highest BCUT2D eigenvalue weighted by Crippen LogP contribution is 2.19. The van der Waals surface area contributed by atoms with Crippen LogP contribution in [0.5, 0.6) is 0 Å². The van der Waals surface area contributed by atoms with Crippen molar-refractivity contribution in [3.63, 3.8) is 0 Å². The molecule has 0 bridgehead atoms. The summed E-state index contributed by atoms with van der Waals surface area (Å²) in [5.74, 6) is -0.800. The van der Waals surface area contributed by atoms with Crippen LogP contribution >= 0.6 is 24.0 Å². The normalized spacial score (nSPS) is 18.9. The largest absolute Gasteiger partial charge is 0.337 e. The first-order chi connectivity index (χ1) is 8.61. The zero-order valence-electron chi connectivity index (χ0n) is 10.7. The van der Waals surface area contributed by atoms with Crippen molar-refractivity contribution in [2.24, 2.45) is 0 Å². The zero-order chi connectivity index (χ0) is 13.1. The molecule has 1 aromatic carbocycles. The van der Waals surface area contributed by atoms with Crippen molar-refractivity contribution in [2.75, 3.05) is 20.1 Å². The van der Waals surface area contributed by atoms with E-state index in [4.69, 9.17) is 11.6 Å². The van der Waals surface area contributed by atoms with Crippen molar-refractivity contribution >= 4 is 29.9 Å². The average Bonchev–Trinajstić information content (AvgIpc) is 2.41. The highest BCUT2D eigenvalue weighted by Gasteiger charge is 2.25. The Balaban J connectivity index is 0.00000180. The Labute approximate surface area is 123 Å². The number of amides is 1. The maximum atomic E-state index is 13.6. The molecular weight excluding hydrogens is 290 g/mol. The SMILES string of the molecule is CNC1CCCN(C(=O)c2cc(Cl)ccc2F)C1.Cl. The number of likely N-dealkylation sites (tertiary alicyclic amines) is 1. The second kappa shape index (κ2) is 7.08. The van der Waals surface area contributed by atoms with Crippen LogP contribution in [-0.2, 0) is 0 Å². The van der Waals surface area contributed by atoms with Gasteiger partial charge in [-0.25, -0.2) is 4.39 Å². The number of nitrogens with zero attached hydrogens (tertiary/aromatic N) is 1. The Morgan fingerprint density at radius 2 is 2.26 bits per heavy atom. The van der Waals surface area contributed by atoms with Gasteiger partial charge in [0.2, 0.25) is 0 Å². The molecule has 0 saturated carbocycles. The molecule has 0 aliphatic carbocycles. The topological polar surface area (TPSA) is 32.3 Å². The first-order valence-electron chi connectivity index (χ1n) is 6.03. The summed E-state index contributed by atoms with van der Waals surface area (Å²) in [6.07, 6.45) is 1.97. The van der Waals surface area contributed by atoms with E-state index in [1.54, 1.807) is 4.90 Å². The van der Waals surface area contributed by atoms with Crippen LogP contribution in [-0.4, -0.2) is 37.0 Å². The fraction of sp³-hybridized carbons (Fsp3) is 0.462. The molecular formula is C13H17Cl2FN2O. The number of benzene rings is 1. The predicted octanol–water partition coefficient (Wildman–Crippen LogP) is 2.72. The van der Waals surface area contributed by atoms with E-state index >= 15 is 0 Å². The highest BCUT2D eigenvalue weighted by atomic mass is 35.5. The van der Waals surface area contributed by atoms with Crippen LogP contribution in [0.2, 0.25) is 5.02 Å². The number of nitrogens with one attached hydrogen (secondary N) is 1. The molecule has 1 N–H and O–H groups in total. The second-order valence-corrected chi connectivity index (χ2v) is 4.94. The molecule has 0 spiro atoms. The van der Waals surface area contributed by atoms with E-state index in [-0.39, 0.29) is 29.9 Å². The van der Waals surface area contributed by atoms with Crippen LogP contribution in [0.25, 0.3) is 0 Å². The van der Waals surface area contributed by atoms with E-state index in [1.807, 2.05) is 7.05 Å². The first kappa shape index (κ1) is 16.2. The summed E-state index contributed by atoms with van der Waals surface area (Å²) in [7, 11) is 1.87. The van der Waals surface area contributed by atoms with E-state index in [0.717, 1.165) is 12.8 Å². The smallest absolute Gasteiger partial charge is 0.256 e. The summed E-state index contributed by atoms with van der Waals surface area (Å²) in [5.41, 5.74) is 0.0549. The fourth-order valence-corrected chi connectivity index (χ4v) is 2.40. The van der Waals surface area contributed by atoms with E-state index < -0.39 is 5.82 Å². The number of piperidine rings is 1. The van der Waals surface area contributed by atoms with Crippen molar-refractivity contribution in [3.8, 4) is 0 Å². The molecule has 1 saturated heterocycles. The Morgan fingerprint density at radius 1 is 1.53 bits per heavy atom. The summed E-state index contributed by atoms with van der Waals surface area (Å²) in [5, 5.41) is 3.53. The van der Waals surface area contributed by atoms with E-state index in [0.29, 0.717) is 18.1 Å². The van der Waals surface area contributed by atoms with Crippen LogP contribution in [0, 0.1) is 5.82 Å². The van der Waals surface area contributed by atoms with Gasteiger partial charge in [0.1, 0.15) is 5.82 Å². The Bertz CT molecular complexity index is 456. The number of likely N-dealkylation sites (N-methyl/N-ethyl adjacent to an activating group) is 1. The van der Waals surface area contributed by atoms with Gasteiger partial charge in [-0.05, 0) is 38.1 Å². The Hall–Kier alpha value is -0.840. The predicted molar refractivity (Wildman–Crippen MR) is 76.6 cm³/mol. The average molecular weight is 307 g/mol. The quantitative estimate of drug-likeness (QED) is 0.911. The maximum Gasteiger partial charge on any atom is 0.256 e. The third-order valence-electron chi connectivity index (χ3n) is 3.28. The molecule has 1 atom stereocenters. The lowest BCUT2D eigenvalue weighted by Gasteiger charge is -2.32. The summed E-state index contributed by atoms with van der Waals surface area (Å²) in [6.45, 7) is 1.28. The zero-order valence-corrected chi connectivity index (χ0v) is 12.2. The molecule has 106 valence electrons. The minimum absolute atomic E-state index is 0. The van der Waals surface area contributed by atoms with E-state index in [1.165, 1.54) is 18.2 Å². The van der Waals surface area contributed by atoms with Gasteiger partial charge in [0.05, 0.1) is 5.56 Å². The third kappa shape index (κ3) is 3.81. The van der Waals surface area contributed by atoms with Crippen LogP contribution in [0.1, 0.15) is 23.2 Å². The molecule has 6 heteroatoms. The molecule has 1 amide bonds. The third-order valence-corrected chi connectivity index (χ3v) is 3.51. The molecule has 1 fully saturated rings. The Kier molecular flexibility index (Phi) is 6.04. The van der Waals surface area contributed by atoms with Gasteiger partial charge in [-0.15, -0.1) is 12.4 Å². The van der Waals surface area contributed by atoms with Gasteiger partial charge in [0.15, 0.2) is 0 Å². The molecule has 0 aromatic heterocycles. The van der Waals surface area contributed by atoms with E-state index in [9.17, 15) is 9.18 Å². The van der Waals surface area contributed by atoms with Crippen LogP contribution in [0.4, 0.5) is 4.39 Å². The standard InChI is InChI=1S/C13H16ClFN2O.ClH/c1-16-10-3-2-6-17(8-10)13(18)11-7-9(14)4-5-12(11)15;/h4-5,7,10,16H,2-3,6,8H2,1H3;1H. The van der Waals surface area contributed by atoms with Gasteiger partial charge in [-0.3, -0.25) is 4.79 Å². The number of hydrogen-bond donors (Lipinski definition) is 1.